The standard InChI is InChI=1S/C26H26Cl2FN3O4S/c1-3-24(26(34)30-2)31(16-18-9-7-8-12-21(18)27)25(33)17-32(19-13-14-23(29)22(28)15-19)37(35,36)20-10-5-4-6-11-20/h4-15,24H,3,16-17H2,1-2H3,(H,30,34)/t24-/m0/s1. The highest BCUT2D eigenvalue weighted by Crippen LogP contribution is 2.28. The molecule has 0 fully saturated rings. The monoisotopic (exact) mass is 565 g/mol. The summed E-state index contributed by atoms with van der Waals surface area (Å²) in [6.45, 7) is 1.04. The Morgan fingerprint density at radius 3 is 2.22 bits per heavy atom. The van der Waals surface area contributed by atoms with E-state index in [-0.39, 0.29) is 28.6 Å². The van der Waals surface area contributed by atoms with Crippen molar-refractivity contribution in [3.63, 3.8) is 0 Å². The second-order valence-corrected chi connectivity index (χ2v) is 10.8. The minimum Gasteiger partial charge on any atom is -0.357 e. The lowest BCUT2D eigenvalue weighted by Gasteiger charge is -2.33. The molecule has 7 nitrogen and oxygen atoms in total. The van der Waals surface area contributed by atoms with Crippen LogP contribution in [0.3, 0.4) is 0 Å². The third-order valence-corrected chi connectivity index (χ3v) is 8.18. The molecule has 0 saturated carbocycles. The zero-order valence-electron chi connectivity index (χ0n) is 20.2. The van der Waals surface area contributed by atoms with Crippen molar-refractivity contribution >= 4 is 50.7 Å². The Hall–Kier alpha value is -3.14. The molecule has 2 amide bonds. The lowest BCUT2D eigenvalue weighted by molar-refractivity contribution is -0.140. The van der Waals surface area contributed by atoms with Crippen LogP contribution in [-0.2, 0) is 26.2 Å². The molecule has 0 unspecified atom stereocenters. The van der Waals surface area contributed by atoms with Crippen LogP contribution in [0.4, 0.5) is 10.1 Å². The quantitative estimate of drug-likeness (QED) is 0.379. The van der Waals surface area contributed by atoms with E-state index in [0.717, 1.165) is 16.4 Å². The molecule has 3 aromatic carbocycles. The number of nitrogens with zero attached hydrogens (tertiary/aromatic N) is 2. The average molecular weight is 566 g/mol. The second kappa shape index (κ2) is 12.4. The maximum absolute atomic E-state index is 13.9. The number of sulfonamides is 1. The summed E-state index contributed by atoms with van der Waals surface area (Å²) in [6, 6.07) is 16.9. The van der Waals surface area contributed by atoms with Gasteiger partial charge < -0.3 is 10.2 Å². The third-order valence-electron chi connectivity index (χ3n) is 5.73. The van der Waals surface area contributed by atoms with Crippen molar-refractivity contribution in [2.75, 3.05) is 17.9 Å². The van der Waals surface area contributed by atoms with E-state index < -0.39 is 40.2 Å². The van der Waals surface area contributed by atoms with Crippen molar-refractivity contribution < 1.29 is 22.4 Å². The summed E-state index contributed by atoms with van der Waals surface area (Å²) in [5, 5.41) is 2.64. The fourth-order valence-corrected chi connectivity index (χ4v) is 5.58. The summed E-state index contributed by atoms with van der Waals surface area (Å²) in [7, 11) is -2.82. The molecule has 0 radical (unpaired) electrons. The molecule has 1 atom stereocenters. The van der Waals surface area contributed by atoms with Gasteiger partial charge >= 0.3 is 0 Å². The van der Waals surface area contributed by atoms with Gasteiger partial charge in [-0.3, -0.25) is 13.9 Å². The summed E-state index contributed by atoms with van der Waals surface area (Å²) in [6.07, 6.45) is 0.268. The van der Waals surface area contributed by atoms with Crippen molar-refractivity contribution in [1.29, 1.82) is 0 Å². The molecule has 0 heterocycles. The number of hydrogen-bond donors (Lipinski definition) is 1. The van der Waals surface area contributed by atoms with Crippen LogP contribution in [0.5, 0.6) is 0 Å². The molecule has 37 heavy (non-hydrogen) atoms. The van der Waals surface area contributed by atoms with Gasteiger partial charge in [-0.15, -0.1) is 0 Å². The molecule has 0 aliphatic rings. The Labute approximate surface area is 225 Å². The normalized spacial score (nSPS) is 12.0. The van der Waals surface area contributed by atoms with Gasteiger partial charge in [0.2, 0.25) is 11.8 Å². The molecule has 196 valence electrons. The van der Waals surface area contributed by atoms with E-state index in [9.17, 15) is 22.4 Å². The first-order chi connectivity index (χ1) is 17.6. The fraction of sp³-hybridized carbons (Fsp3) is 0.231. The molecule has 0 saturated heterocycles. The molecule has 0 aliphatic carbocycles. The maximum atomic E-state index is 13.9. The number of likely N-dealkylation sites (N-methyl/N-ethyl adjacent to an activating group) is 1. The second-order valence-electron chi connectivity index (χ2n) is 8.07. The van der Waals surface area contributed by atoms with Crippen LogP contribution in [0.1, 0.15) is 18.9 Å². The predicted molar refractivity (Wildman–Crippen MR) is 143 cm³/mol. The lowest BCUT2D eigenvalue weighted by Crippen LogP contribution is -2.51. The highest BCUT2D eigenvalue weighted by Gasteiger charge is 2.33. The van der Waals surface area contributed by atoms with Crippen LogP contribution >= 0.6 is 23.2 Å². The van der Waals surface area contributed by atoms with Crippen LogP contribution in [0.25, 0.3) is 0 Å². The van der Waals surface area contributed by atoms with E-state index in [1.54, 1.807) is 49.4 Å². The zero-order chi connectivity index (χ0) is 27.2. The Kier molecular flexibility index (Phi) is 9.53. The highest BCUT2D eigenvalue weighted by molar-refractivity contribution is 7.92. The molecular formula is C26H26Cl2FN3O4S. The van der Waals surface area contributed by atoms with Crippen LogP contribution < -0.4 is 9.62 Å². The van der Waals surface area contributed by atoms with Gasteiger partial charge in [-0.1, -0.05) is 66.5 Å². The minimum absolute atomic E-state index is 0.00529. The van der Waals surface area contributed by atoms with E-state index in [1.807, 2.05) is 0 Å². The molecule has 0 spiro atoms. The number of rotatable bonds is 10. The van der Waals surface area contributed by atoms with E-state index in [0.29, 0.717) is 10.6 Å². The first-order valence-electron chi connectivity index (χ1n) is 11.4. The van der Waals surface area contributed by atoms with Crippen molar-refractivity contribution in [3.8, 4) is 0 Å². The Morgan fingerprint density at radius 1 is 0.973 bits per heavy atom. The number of carbonyl (C=O) groups is 2. The number of hydrogen-bond acceptors (Lipinski definition) is 4. The van der Waals surface area contributed by atoms with E-state index in [4.69, 9.17) is 23.2 Å². The van der Waals surface area contributed by atoms with E-state index in [1.165, 1.54) is 30.1 Å². The van der Waals surface area contributed by atoms with Gasteiger partial charge in [0.1, 0.15) is 18.4 Å². The van der Waals surface area contributed by atoms with E-state index in [2.05, 4.69) is 5.32 Å². The van der Waals surface area contributed by atoms with E-state index >= 15 is 0 Å². The maximum Gasteiger partial charge on any atom is 0.264 e. The number of halogens is 3. The van der Waals surface area contributed by atoms with Crippen LogP contribution in [0.2, 0.25) is 10.0 Å². The number of benzene rings is 3. The minimum atomic E-state index is -4.27. The Morgan fingerprint density at radius 2 is 1.62 bits per heavy atom. The number of anilines is 1. The zero-order valence-corrected chi connectivity index (χ0v) is 22.5. The number of nitrogens with one attached hydrogen (secondary N) is 1. The molecule has 3 aromatic rings. The molecule has 0 aromatic heterocycles. The number of carbonyl (C=O) groups excluding carboxylic acids is 2. The van der Waals surface area contributed by atoms with Gasteiger partial charge in [-0.25, -0.2) is 12.8 Å². The summed E-state index contributed by atoms with van der Waals surface area (Å²) in [5.74, 6) is -1.81. The van der Waals surface area contributed by atoms with Gasteiger partial charge in [-0.2, -0.15) is 0 Å². The molecular weight excluding hydrogens is 540 g/mol. The molecule has 0 bridgehead atoms. The topological polar surface area (TPSA) is 86.8 Å². The van der Waals surface area contributed by atoms with Gasteiger partial charge in [0.05, 0.1) is 15.6 Å². The van der Waals surface area contributed by atoms with Crippen molar-refractivity contribution in [1.82, 2.24) is 10.2 Å². The summed E-state index contributed by atoms with van der Waals surface area (Å²) < 4.78 is 42.0. The van der Waals surface area contributed by atoms with Gasteiger partial charge in [-0.05, 0) is 48.4 Å². The first kappa shape index (κ1) is 28.4. The smallest absolute Gasteiger partial charge is 0.264 e. The molecule has 11 heteroatoms. The highest BCUT2D eigenvalue weighted by atomic mass is 35.5. The Balaban J connectivity index is 2.09. The van der Waals surface area contributed by atoms with Crippen molar-refractivity contribution in [2.45, 2.75) is 30.8 Å². The van der Waals surface area contributed by atoms with Gasteiger partial charge in [0.25, 0.3) is 10.0 Å². The molecule has 3 rings (SSSR count). The van der Waals surface area contributed by atoms with Crippen LogP contribution in [-0.4, -0.2) is 44.8 Å². The SMILES string of the molecule is CC[C@@H](C(=O)NC)N(Cc1ccccc1Cl)C(=O)CN(c1ccc(F)c(Cl)c1)S(=O)(=O)c1ccccc1. The van der Waals surface area contributed by atoms with Crippen LogP contribution in [0.15, 0.2) is 77.7 Å². The molecule has 1 N–H and O–H groups in total. The number of amides is 2. The van der Waals surface area contributed by atoms with Gasteiger partial charge in [0.15, 0.2) is 0 Å². The first-order valence-corrected chi connectivity index (χ1v) is 13.6. The Bertz CT molecular complexity index is 1370. The van der Waals surface area contributed by atoms with Crippen LogP contribution in [0, 0.1) is 5.82 Å². The third kappa shape index (κ3) is 6.60. The largest absolute Gasteiger partial charge is 0.357 e. The summed E-state index contributed by atoms with van der Waals surface area (Å²) in [4.78, 5) is 27.7. The average Bonchev–Trinajstić information content (AvgIpc) is 2.90. The van der Waals surface area contributed by atoms with Crippen molar-refractivity contribution in [2.24, 2.45) is 0 Å². The molecule has 0 aliphatic heterocycles. The summed E-state index contributed by atoms with van der Waals surface area (Å²) >= 11 is 12.3. The fourth-order valence-electron chi connectivity index (χ4n) is 3.78. The lowest BCUT2D eigenvalue weighted by atomic mass is 10.1. The summed E-state index contributed by atoms with van der Waals surface area (Å²) in [5.41, 5.74) is 0.580. The predicted octanol–water partition coefficient (Wildman–Crippen LogP) is 4.88. The van der Waals surface area contributed by atoms with Crippen molar-refractivity contribution in [3.05, 3.63) is 94.2 Å². The van der Waals surface area contributed by atoms with Gasteiger partial charge in [0, 0.05) is 18.6 Å².